The monoisotopic (exact) mass is 255 g/mol. The van der Waals surface area contributed by atoms with Crippen molar-refractivity contribution in [2.75, 3.05) is 0 Å². The molecule has 1 aliphatic heterocycles. The molecule has 3 heteroatoms. The van der Waals surface area contributed by atoms with E-state index >= 15 is 0 Å². The van der Waals surface area contributed by atoms with Gasteiger partial charge < -0.3 is 9.84 Å². The number of aliphatic hydroxyl groups is 1. The summed E-state index contributed by atoms with van der Waals surface area (Å²) in [5.41, 5.74) is 4.21. The number of aryl methyl sites for hydroxylation is 2. The molecule has 19 heavy (non-hydrogen) atoms. The lowest BCUT2D eigenvalue weighted by Crippen LogP contribution is -2.20. The first-order valence-electron chi connectivity index (χ1n) is 6.51. The van der Waals surface area contributed by atoms with Gasteiger partial charge in [0, 0.05) is 29.9 Å². The van der Waals surface area contributed by atoms with Gasteiger partial charge >= 0.3 is 0 Å². The minimum Gasteiger partial charge on any atom is -0.485 e. The molecule has 1 aromatic heterocycles. The number of nitrogens with zero attached hydrogens (tertiary/aromatic N) is 1. The topological polar surface area (TPSA) is 42.4 Å². The highest BCUT2D eigenvalue weighted by atomic mass is 16.5. The molecule has 1 aliphatic rings. The lowest BCUT2D eigenvalue weighted by atomic mass is 9.93. The summed E-state index contributed by atoms with van der Waals surface area (Å²) in [6.45, 7) is 4.06. The summed E-state index contributed by atoms with van der Waals surface area (Å²) < 4.78 is 6.02. The van der Waals surface area contributed by atoms with Crippen LogP contribution in [0.15, 0.2) is 36.7 Å². The van der Waals surface area contributed by atoms with E-state index in [1.165, 1.54) is 0 Å². The molecule has 0 amide bonds. The second kappa shape index (κ2) is 4.67. The van der Waals surface area contributed by atoms with E-state index in [1.54, 1.807) is 6.20 Å². The van der Waals surface area contributed by atoms with Gasteiger partial charge in [-0.1, -0.05) is 11.6 Å². The average molecular weight is 255 g/mol. The van der Waals surface area contributed by atoms with Crippen molar-refractivity contribution in [3.8, 4) is 5.75 Å². The number of rotatable bonds is 1. The third-order valence-electron chi connectivity index (χ3n) is 3.66. The van der Waals surface area contributed by atoms with Crippen LogP contribution >= 0.6 is 0 Å². The number of hydrogen-bond donors (Lipinski definition) is 1. The Balaban J connectivity index is 1.97. The molecule has 3 rings (SSSR count). The number of ether oxygens (including phenoxy) is 1. The zero-order chi connectivity index (χ0) is 13.4. The fourth-order valence-corrected chi connectivity index (χ4v) is 2.57. The van der Waals surface area contributed by atoms with Gasteiger partial charge in [-0.05, 0) is 37.6 Å². The number of aliphatic hydroxyl groups excluding tert-OH is 1. The lowest BCUT2D eigenvalue weighted by Gasteiger charge is -2.30. The van der Waals surface area contributed by atoms with E-state index in [4.69, 9.17) is 4.74 Å². The molecular formula is C16H17NO2. The van der Waals surface area contributed by atoms with Crippen LogP contribution in [0.25, 0.3) is 0 Å². The molecule has 2 unspecified atom stereocenters. The summed E-state index contributed by atoms with van der Waals surface area (Å²) in [5, 5.41) is 10.3. The van der Waals surface area contributed by atoms with E-state index in [2.05, 4.69) is 4.98 Å². The van der Waals surface area contributed by atoms with Gasteiger partial charge in [0.25, 0.3) is 0 Å². The minimum absolute atomic E-state index is 0.126. The maximum atomic E-state index is 10.3. The highest BCUT2D eigenvalue weighted by Crippen LogP contribution is 2.41. The molecule has 0 saturated heterocycles. The van der Waals surface area contributed by atoms with E-state index < -0.39 is 6.10 Å². The van der Waals surface area contributed by atoms with Crippen molar-refractivity contribution in [2.24, 2.45) is 0 Å². The standard InChI is InChI=1S/C16H17NO2/c1-10-3-4-15-12(7-10)14(18)8-16(19-15)13-9-17-6-5-11(13)2/h3-7,9,14,16,18H,8H2,1-2H3. The van der Waals surface area contributed by atoms with Crippen molar-refractivity contribution in [1.82, 2.24) is 4.98 Å². The number of fused-ring (bicyclic) bond motifs is 1. The Hall–Kier alpha value is -1.87. The SMILES string of the molecule is Cc1ccc2c(c1)C(O)CC(c1cnccc1C)O2. The van der Waals surface area contributed by atoms with Crippen LogP contribution in [0.4, 0.5) is 0 Å². The van der Waals surface area contributed by atoms with E-state index in [0.29, 0.717) is 6.42 Å². The fraction of sp³-hybridized carbons (Fsp3) is 0.312. The average Bonchev–Trinajstić information content (AvgIpc) is 2.40. The van der Waals surface area contributed by atoms with Gasteiger partial charge in [0.05, 0.1) is 6.10 Å². The van der Waals surface area contributed by atoms with Gasteiger partial charge in [-0.25, -0.2) is 0 Å². The number of aromatic nitrogens is 1. The Morgan fingerprint density at radius 1 is 1.21 bits per heavy atom. The Morgan fingerprint density at radius 3 is 2.84 bits per heavy atom. The van der Waals surface area contributed by atoms with Crippen LogP contribution in [-0.4, -0.2) is 10.1 Å². The zero-order valence-corrected chi connectivity index (χ0v) is 11.1. The third kappa shape index (κ3) is 2.22. The Morgan fingerprint density at radius 2 is 2.05 bits per heavy atom. The predicted molar refractivity (Wildman–Crippen MR) is 73.1 cm³/mol. The quantitative estimate of drug-likeness (QED) is 0.850. The lowest BCUT2D eigenvalue weighted by molar-refractivity contribution is 0.0652. The normalized spacial score (nSPS) is 21.6. The van der Waals surface area contributed by atoms with Crippen LogP contribution in [0.5, 0.6) is 5.75 Å². The maximum absolute atomic E-state index is 10.3. The van der Waals surface area contributed by atoms with E-state index in [-0.39, 0.29) is 6.10 Å². The van der Waals surface area contributed by atoms with Crippen LogP contribution in [-0.2, 0) is 0 Å². The summed E-state index contributed by atoms with van der Waals surface area (Å²) in [4.78, 5) is 4.15. The molecule has 1 aromatic carbocycles. The molecule has 98 valence electrons. The van der Waals surface area contributed by atoms with Crippen molar-refractivity contribution in [2.45, 2.75) is 32.5 Å². The van der Waals surface area contributed by atoms with E-state index in [1.807, 2.05) is 44.3 Å². The van der Waals surface area contributed by atoms with Crippen molar-refractivity contribution >= 4 is 0 Å². The highest BCUT2D eigenvalue weighted by Gasteiger charge is 2.28. The number of pyridine rings is 1. The summed E-state index contributed by atoms with van der Waals surface area (Å²) >= 11 is 0. The van der Waals surface area contributed by atoms with Gasteiger partial charge in [0.2, 0.25) is 0 Å². The van der Waals surface area contributed by atoms with Crippen molar-refractivity contribution in [1.29, 1.82) is 0 Å². The highest BCUT2D eigenvalue weighted by molar-refractivity contribution is 5.41. The third-order valence-corrected chi connectivity index (χ3v) is 3.66. The second-order valence-corrected chi connectivity index (χ2v) is 5.13. The first-order chi connectivity index (χ1) is 9.15. The summed E-state index contributed by atoms with van der Waals surface area (Å²) in [5.74, 6) is 0.776. The van der Waals surface area contributed by atoms with Gasteiger partial charge in [-0.3, -0.25) is 4.98 Å². The summed E-state index contributed by atoms with van der Waals surface area (Å²) in [7, 11) is 0. The van der Waals surface area contributed by atoms with Gasteiger partial charge in [-0.15, -0.1) is 0 Å². The Labute approximate surface area is 112 Å². The van der Waals surface area contributed by atoms with Crippen molar-refractivity contribution in [3.05, 3.63) is 58.9 Å². The Bertz CT molecular complexity index is 609. The number of hydrogen-bond acceptors (Lipinski definition) is 3. The van der Waals surface area contributed by atoms with Crippen molar-refractivity contribution < 1.29 is 9.84 Å². The molecule has 0 bridgehead atoms. The number of benzene rings is 1. The van der Waals surface area contributed by atoms with Crippen LogP contribution in [0, 0.1) is 13.8 Å². The molecule has 2 heterocycles. The van der Waals surface area contributed by atoms with Gasteiger partial charge in [0.1, 0.15) is 11.9 Å². The first-order valence-corrected chi connectivity index (χ1v) is 6.51. The molecule has 0 radical (unpaired) electrons. The largest absolute Gasteiger partial charge is 0.485 e. The van der Waals surface area contributed by atoms with Crippen LogP contribution in [0.2, 0.25) is 0 Å². The first kappa shape index (κ1) is 12.2. The fourth-order valence-electron chi connectivity index (χ4n) is 2.57. The molecule has 0 saturated carbocycles. The summed E-state index contributed by atoms with van der Waals surface area (Å²) in [6, 6.07) is 7.90. The molecule has 0 fully saturated rings. The molecule has 3 nitrogen and oxygen atoms in total. The predicted octanol–water partition coefficient (Wildman–Crippen LogP) is 3.26. The minimum atomic E-state index is -0.478. The molecule has 0 aliphatic carbocycles. The van der Waals surface area contributed by atoms with Crippen LogP contribution in [0.1, 0.15) is 40.9 Å². The zero-order valence-electron chi connectivity index (χ0n) is 11.1. The molecule has 2 atom stereocenters. The van der Waals surface area contributed by atoms with Gasteiger partial charge in [-0.2, -0.15) is 0 Å². The molecule has 0 spiro atoms. The maximum Gasteiger partial charge on any atom is 0.128 e. The molecule has 1 N–H and O–H groups in total. The Kier molecular flexibility index (Phi) is 2.99. The molecule has 2 aromatic rings. The van der Waals surface area contributed by atoms with E-state index in [0.717, 1.165) is 28.0 Å². The van der Waals surface area contributed by atoms with Crippen LogP contribution in [0.3, 0.4) is 0 Å². The summed E-state index contributed by atoms with van der Waals surface area (Å²) in [6.07, 6.45) is 3.57. The molecular weight excluding hydrogens is 238 g/mol. The van der Waals surface area contributed by atoms with Gasteiger partial charge in [0.15, 0.2) is 0 Å². The van der Waals surface area contributed by atoms with Crippen molar-refractivity contribution in [3.63, 3.8) is 0 Å². The van der Waals surface area contributed by atoms with Crippen LogP contribution < -0.4 is 4.74 Å². The van der Waals surface area contributed by atoms with E-state index in [9.17, 15) is 5.11 Å². The smallest absolute Gasteiger partial charge is 0.128 e. The second-order valence-electron chi connectivity index (χ2n) is 5.13.